The Morgan fingerprint density at radius 1 is 1.24 bits per heavy atom. The van der Waals surface area contributed by atoms with Crippen molar-refractivity contribution in [1.82, 2.24) is 4.98 Å². The average Bonchev–Trinajstić information content (AvgIpc) is 2.93. The first-order valence-corrected chi connectivity index (χ1v) is 8.66. The van der Waals surface area contributed by atoms with Crippen molar-refractivity contribution >= 4 is 21.4 Å². The van der Waals surface area contributed by atoms with Crippen molar-refractivity contribution in [1.29, 1.82) is 0 Å². The molecule has 0 unspecified atom stereocenters. The molecule has 0 radical (unpaired) electrons. The minimum Gasteiger partial charge on any atom is -0.493 e. The summed E-state index contributed by atoms with van der Waals surface area (Å²) >= 11 is 5.72. The summed E-state index contributed by atoms with van der Waals surface area (Å²) in [7, 11) is -3.39. The first-order valence-electron chi connectivity index (χ1n) is 6.63. The zero-order valence-electron chi connectivity index (χ0n) is 11.3. The molecule has 0 aliphatic carbocycles. The molecule has 2 aromatic rings. The van der Waals surface area contributed by atoms with Crippen molar-refractivity contribution in [3.63, 3.8) is 0 Å². The van der Waals surface area contributed by atoms with E-state index in [9.17, 15) is 8.42 Å². The SMILES string of the molecule is O=S(=O)(CCc1ccc2c(c1)CCO2)c1ccc(Cl)cn1. The number of aryl methyl sites for hydroxylation is 1. The maximum Gasteiger partial charge on any atom is 0.195 e. The molecular weight excluding hydrogens is 310 g/mol. The summed E-state index contributed by atoms with van der Waals surface area (Å²) in [6, 6.07) is 8.81. The molecule has 3 rings (SSSR count). The normalized spacial score (nSPS) is 13.8. The van der Waals surface area contributed by atoms with Gasteiger partial charge in [0.25, 0.3) is 0 Å². The summed E-state index contributed by atoms with van der Waals surface area (Å²) in [5, 5.41) is 0.490. The van der Waals surface area contributed by atoms with Gasteiger partial charge < -0.3 is 4.74 Å². The standard InChI is InChI=1S/C15H14ClNO3S/c16-13-2-4-15(17-10-13)21(18,19)8-6-11-1-3-14-12(9-11)5-7-20-14/h1-4,9-10H,5-8H2. The summed E-state index contributed by atoms with van der Waals surface area (Å²) < 4.78 is 29.9. The number of ether oxygens (including phenoxy) is 1. The zero-order chi connectivity index (χ0) is 14.9. The number of nitrogens with zero attached hydrogens (tertiary/aromatic N) is 1. The Balaban J connectivity index is 1.73. The molecule has 0 saturated heterocycles. The third kappa shape index (κ3) is 3.19. The van der Waals surface area contributed by atoms with E-state index < -0.39 is 9.84 Å². The second kappa shape index (κ2) is 5.66. The molecule has 4 nitrogen and oxygen atoms in total. The van der Waals surface area contributed by atoms with Crippen LogP contribution in [-0.2, 0) is 22.7 Å². The molecule has 0 atom stereocenters. The van der Waals surface area contributed by atoms with E-state index in [1.54, 1.807) is 0 Å². The Kier molecular flexibility index (Phi) is 3.87. The minimum absolute atomic E-state index is 0.0290. The predicted molar refractivity (Wildman–Crippen MR) is 80.6 cm³/mol. The van der Waals surface area contributed by atoms with Gasteiger partial charge in [-0.2, -0.15) is 0 Å². The first-order chi connectivity index (χ1) is 10.0. The number of fused-ring (bicyclic) bond motifs is 1. The lowest BCUT2D eigenvalue weighted by Gasteiger charge is -2.06. The Bertz CT molecular complexity index is 757. The van der Waals surface area contributed by atoms with Gasteiger partial charge in [0.15, 0.2) is 14.9 Å². The van der Waals surface area contributed by atoms with Crippen LogP contribution in [-0.4, -0.2) is 25.8 Å². The van der Waals surface area contributed by atoms with Gasteiger partial charge in [0, 0.05) is 12.6 Å². The number of hydrogen-bond donors (Lipinski definition) is 0. The molecule has 0 N–H and O–H groups in total. The zero-order valence-corrected chi connectivity index (χ0v) is 12.8. The lowest BCUT2D eigenvalue weighted by molar-refractivity contribution is 0.357. The predicted octanol–water partition coefficient (Wildman–Crippen LogP) is 2.69. The molecule has 21 heavy (non-hydrogen) atoms. The van der Waals surface area contributed by atoms with Crippen molar-refractivity contribution in [2.45, 2.75) is 17.9 Å². The van der Waals surface area contributed by atoms with E-state index in [1.807, 2.05) is 18.2 Å². The number of benzene rings is 1. The van der Waals surface area contributed by atoms with Gasteiger partial charge in [-0.15, -0.1) is 0 Å². The minimum atomic E-state index is -3.39. The van der Waals surface area contributed by atoms with E-state index in [4.69, 9.17) is 16.3 Å². The molecule has 1 aromatic carbocycles. The van der Waals surface area contributed by atoms with Crippen LogP contribution in [0, 0.1) is 0 Å². The monoisotopic (exact) mass is 323 g/mol. The summed E-state index contributed by atoms with van der Waals surface area (Å²) in [6.45, 7) is 0.700. The van der Waals surface area contributed by atoms with Gasteiger partial charge >= 0.3 is 0 Å². The molecule has 1 aromatic heterocycles. The molecule has 0 amide bonds. The molecule has 0 fully saturated rings. The van der Waals surface area contributed by atoms with E-state index in [1.165, 1.54) is 18.3 Å². The van der Waals surface area contributed by atoms with E-state index >= 15 is 0 Å². The summed E-state index contributed by atoms with van der Waals surface area (Å²) in [5.41, 5.74) is 2.14. The van der Waals surface area contributed by atoms with Crippen LogP contribution in [0.3, 0.4) is 0 Å². The lowest BCUT2D eigenvalue weighted by Crippen LogP contribution is -2.10. The van der Waals surface area contributed by atoms with Crippen molar-refractivity contribution < 1.29 is 13.2 Å². The smallest absolute Gasteiger partial charge is 0.195 e. The van der Waals surface area contributed by atoms with Crippen LogP contribution in [0.5, 0.6) is 5.75 Å². The van der Waals surface area contributed by atoms with E-state index in [0.29, 0.717) is 18.1 Å². The molecule has 0 spiro atoms. The maximum atomic E-state index is 12.2. The lowest BCUT2D eigenvalue weighted by atomic mass is 10.1. The molecular formula is C15H14ClNO3S. The highest BCUT2D eigenvalue weighted by Gasteiger charge is 2.17. The highest BCUT2D eigenvalue weighted by atomic mass is 35.5. The fourth-order valence-corrected chi connectivity index (χ4v) is 3.61. The fourth-order valence-electron chi connectivity index (χ4n) is 2.30. The largest absolute Gasteiger partial charge is 0.493 e. The Hall–Kier alpha value is -1.59. The number of rotatable bonds is 4. The van der Waals surface area contributed by atoms with Crippen LogP contribution in [0.1, 0.15) is 11.1 Å². The van der Waals surface area contributed by atoms with Crippen molar-refractivity contribution in [2.24, 2.45) is 0 Å². The number of sulfone groups is 1. The highest BCUT2D eigenvalue weighted by molar-refractivity contribution is 7.91. The number of halogens is 1. The van der Waals surface area contributed by atoms with Gasteiger partial charge in [-0.05, 0) is 35.7 Å². The van der Waals surface area contributed by atoms with Gasteiger partial charge in [0.1, 0.15) is 5.75 Å². The van der Waals surface area contributed by atoms with E-state index in [-0.39, 0.29) is 10.8 Å². The van der Waals surface area contributed by atoms with Crippen LogP contribution in [0.25, 0.3) is 0 Å². The Morgan fingerprint density at radius 2 is 2.10 bits per heavy atom. The van der Waals surface area contributed by atoms with Gasteiger partial charge in [-0.25, -0.2) is 13.4 Å². The molecule has 6 heteroatoms. The molecule has 0 saturated carbocycles. The third-order valence-electron chi connectivity index (χ3n) is 3.43. The van der Waals surface area contributed by atoms with Crippen LogP contribution >= 0.6 is 11.6 Å². The summed E-state index contributed by atoms with van der Waals surface area (Å²) in [6.07, 6.45) is 2.69. The number of hydrogen-bond acceptors (Lipinski definition) is 4. The van der Waals surface area contributed by atoms with Gasteiger partial charge in [0.2, 0.25) is 0 Å². The van der Waals surface area contributed by atoms with E-state index in [2.05, 4.69) is 4.98 Å². The number of pyridine rings is 1. The second-order valence-corrected chi connectivity index (χ2v) is 7.42. The van der Waals surface area contributed by atoms with Crippen LogP contribution in [0.2, 0.25) is 5.02 Å². The molecule has 2 heterocycles. The molecule has 0 bridgehead atoms. The quantitative estimate of drug-likeness (QED) is 0.868. The van der Waals surface area contributed by atoms with Gasteiger partial charge in [-0.3, -0.25) is 0 Å². The van der Waals surface area contributed by atoms with Gasteiger partial charge in [0.05, 0.1) is 17.4 Å². The van der Waals surface area contributed by atoms with Crippen molar-refractivity contribution in [3.05, 3.63) is 52.7 Å². The summed E-state index contributed by atoms with van der Waals surface area (Å²) in [4.78, 5) is 3.88. The Labute approximate surface area is 128 Å². The summed E-state index contributed by atoms with van der Waals surface area (Å²) in [5.74, 6) is 0.933. The van der Waals surface area contributed by atoms with Crippen molar-refractivity contribution in [2.75, 3.05) is 12.4 Å². The first kappa shape index (κ1) is 14.4. The van der Waals surface area contributed by atoms with Crippen LogP contribution in [0.15, 0.2) is 41.6 Å². The number of aromatic nitrogens is 1. The topological polar surface area (TPSA) is 56.3 Å². The van der Waals surface area contributed by atoms with Crippen LogP contribution in [0.4, 0.5) is 0 Å². The van der Waals surface area contributed by atoms with E-state index in [0.717, 1.165) is 23.3 Å². The second-order valence-electron chi connectivity index (χ2n) is 4.92. The van der Waals surface area contributed by atoms with Gasteiger partial charge in [-0.1, -0.05) is 23.7 Å². The van der Waals surface area contributed by atoms with Crippen molar-refractivity contribution in [3.8, 4) is 5.75 Å². The highest BCUT2D eigenvalue weighted by Crippen LogP contribution is 2.26. The maximum absolute atomic E-state index is 12.2. The molecule has 110 valence electrons. The molecule has 1 aliphatic heterocycles. The molecule has 1 aliphatic rings. The Morgan fingerprint density at radius 3 is 2.86 bits per heavy atom. The third-order valence-corrected chi connectivity index (χ3v) is 5.28. The fraction of sp³-hybridized carbons (Fsp3) is 0.267. The van der Waals surface area contributed by atoms with Crippen LogP contribution < -0.4 is 4.74 Å². The average molecular weight is 324 g/mol.